The molecule has 2 aromatic rings. The highest BCUT2D eigenvalue weighted by Gasteiger charge is 2.16. The fourth-order valence-electron chi connectivity index (χ4n) is 3.07. The molecule has 3 rings (SSSR count). The van der Waals surface area contributed by atoms with Crippen LogP contribution in [0.15, 0.2) is 23.6 Å². The van der Waals surface area contributed by atoms with Gasteiger partial charge in [0.15, 0.2) is 16.6 Å². The first-order valence-corrected chi connectivity index (χ1v) is 10.6. The number of aromatic nitrogens is 1. The molecule has 11 heteroatoms. The number of hydrogen-bond donors (Lipinski definition) is 2. The number of nitrogens with one attached hydrogen (secondary N) is 2. The molecule has 0 saturated carbocycles. The summed E-state index contributed by atoms with van der Waals surface area (Å²) in [5.74, 6) is 0.419. The fraction of sp³-hybridized carbons (Fsp3) is 0.450. The summed E-state index contributed by atoms with van der Waals surface area (Å²) < 4.78 is 10.4. The number of carbonyl (C=O) groups is 2. The van der Waals surface area contributed by atoms with Gasteiger partial charge in [-0.3, -0.25) is 19.8 Å². The number of rotatable bonds is 8. The Hall–Kier alpha value is -2.40. The number of ether oxygens (including phenoxy) is 2. The van der Waals surface area contributed by atoms with Crippen molar-refractivity contribution >= 4 is 40.7 Å². The van der Waals surface area contributed by atoms with E-state index in [2.05, 4.69) is 32.5 Å². The Balaban J connectivity index is 0.00000341. The summed E-state index contributed by atoms with van der Waals surface area (Å²) in [6, 6.07) is 4.89. The van der Waals surface area contributed by atoms with Crippen molar-refractivity contribution in [3.8, 4) is 11.5 Å². The van der Waals surface area contributed by atoms with Gasteiger partial charge in [-0.15, -0.1) is 23.7 Å². The van der Waals surface area contributed by atoms with Gasteiger partial charge in [0.2, 0.25) is 0 Å². The Morgan fingerprint density at radius 2 is 1.81 bits per heavy atom. The molecule has 0 spiro atoms. The monoisotopic (exact) mass is 469 g/mol. The molecule has 170 valence electrons. The number of benzene rings is 1. The molecule has 9 nitrogen and oxygen atoms in total. The van der Waals surface area contributed by atoms with Crippen LogP contribution in [0.1, 0.15) is 20.8 Å². The molecule has 2 amide bonds. The minimum absolute atomic E-state index is 0. The largest absolute Gasteiger partial charge is 0.493 e. The SMILES string of the molecule is COc1ccc(C(=O)Nc2nc(C(=O)NCCN3CCN(C)CC3)cs2)cc1OC.Cl. The number of thiazole rings is 1. The molecular weight excluding hydrogens is 442 g/mol. The van der Waals surface area contributed by atoms with Crippen molar-refractivity contribution in [2.75, 3.05) is 65.9 Å². The zero-order valence-corrected chi connectivity index (χ0v) is 19.5. The zero-order valence-electron chi connectivity index (χ0n) is 17.8. The number of methoxy groups -OCH3 is 2. The second-order valence-electron chi connectivity index (χ2n) is 6.96. The standard InChI is InChI=1S/C20H27N5O4S.ClH/c1-24-8-10-25(11-9-24)7-6-21-19(27)15-13-30-20(22-15)23-18(26)14-4-5-16(28-2)17(12-14)29-3;/h4-5,12-13H,6-11H2,1-3H3,(H,21,27)(H,22,23,26);1H. The van der Waals surface area contributed by atoms with E-state index in [-0.39, 0.29) is 24.2 Å². The maximum Gasteiger partial charge on any atom is 0.270 e. The van der Waals surface area contributed by atoms with E-state index < -0.39 is 0 Å². The van der Waals surface area contributed by atoms with Crippen LogP contribution in [0, 0.1) is 0 Å². The predicted molar refractivity (Wildman–Crippen MR) is 123 cm³/mol. The summed E-state index contributed by atoms with van der Waals surface area (Å²) in [5.41, 5.74) is 0.696. The normalized spacial score (nSPS) is 14.4. The lowest BCUT2D eigenvalue weighted by Crippen LogP contribution is -2.46. The van der Waals surface area contributed by atoms with Crippen molar-refractivity contribution in [1.82, 2.24) is 20.1 Å². The molecule has 0 atom stereocenters. The number of likely N-dealkylation sites (N-methyl/N-ethyl adjacent to an activating group) is 1. The molecule has 0 bridgehead atoms. The van der Waals surface area contributed by atoms with E-state index in [9.17, 15) is 9.59 Å². The van der Waals surface area contributed by atoms with Crippen LogP contribution in [0.25, 0.3) is 0 Å². The van der Waals surface area contributed by atoms with Crippen LogP contribution in [-0.4, -0.2) is 87.1 Å². The number of nitrogens with zero attached hydrogens (tertiary/aromatic N) is 3. The van der Waals surface area contributed by atoms with Gasteiger partial charge in [-0.1, -0.05) is 0 Å². The van der Waals surface area contributed by atoms with E-state index in [1.807, 2.05) is 0 Å². The lowest BCUT2D eigenvalue weighted by molar-refractivity contribution is 0.0935. The molecule has 1 aliphatic heterocycles. The Labute approximate surface area is 192 Å². The fourth-order valence-corrected chi connectivity index (χ4v) is 3.76. The van der Waals surface area contributed by atoms with Crippen LogP contribution in [0.4, 0.5) is 5.13 Å². The second kappa shape index (κ2) is 11.8. The molecule has 1 aromatic heterocycles. The van der Waals surface area contributed by atoms with Gasteiger partial charge in [0.25, 0.3) is 11.8 Å². The van der Waals surface area contributed by atoms with Gasteiger partial charge in [0.05, 0.1) is 14.2 Å². The van der Waals surface area contributed by atoms with Crippen LogP contribution in [0.5, 0.6) is 11.5 Å². The summed E-state index contributed by atoms with van der Waals surface area (Å²) in [6.07, 6.45) is 0. The van der Waals surface area contributed by atoms with Crippen molar-refractivity contribution in [2.24, 2.45) is 0 Å². The highest BCUT2D eigenvalue weighted by atomic mass is 35.5. The number of hydrogen-bond acceptors (Lipinski definition) is 8. The first-order valence-electron chi connectivity index (χ1n) is 9.68. The quantitative estimate of drug-likeness (QED) is 0.608. The van der Waals surface area contributed by atoms with E-state index in [0.29, 0.717) is 34.4 Å². The lowest BCUT2D eigenvalue weighted by Gasteiger charge is -2.32. The van der Waals surface area contributed by atoms with Gasteiger partial charge in [-0.25, -0.2) is 4.98 Å². The molecule has 0 aliphatic carbocycles. The Morgan fingerprint density at radius 1 is 1.10 bits per heavy atom. The number of amides is 2. The number of piperazine rings is 1. The van der Waals surface area contributed by atoms with Crippen molar-refractivity contribution in [2.45, 2.75) is 0 Å². The number of halogens is 1. The van der Waals surface area contributed by atoms with Crippen molar-refractivity contribution in [3.05, 3.63) is 34.8 Å². The minimum atomic E-state index is -0.340. The smallest absolute Gasteiger partial charge is 0.270 e. The van der Waals surface area contributed by atoms with E-state index in [1.165, 1.54) is 25.6 Å². The van der Waals surface area contributed by atoms with Gasteiger partial charge >= 0.3 is 0 Å². The maximum atomic E-state index is 12.5. The first kappa shape index (κ1) is 24.9. The molecule has 1 fully saturated rings. The van der Waals surface area contributed by atoms with Gasteiger partial charge in [0.1, 0.15) is 5.69 Å². The zero-order chi connectivity index (χ0) is 21.5. The van der Waals surface area contributed by atoms with E-state index in [0.717, 1.165) is 32.7 Å². The van der Waals surface area contributed by atoms with Gasteiger partial charge < -0.3 is 19.7 Å². The molecule has 0 unspecified atom stereocenters. The molecule has 1 aromatic carbocycles. The van der Waals surface area contributed by atoms with Gasteiger partial charge in [-0.05, 0) is 25.2 Å². The molecule has 1 aliphatic rings. The predicted octanol–water partition coefficient (Wildman–Crippen LogP) is 1.81. The molecule has 2 heterocycles. The first-order chi connectivity index (χ1) is 14.5. The number of carbonyl (C=O) groups excluding carboxylic acids is 2. The average molecular weight is 470 g/mol. The molecule has 1 saturated heterocycles. The van der Waals surface area contributed by atoms with Crippen molar-refractivity contribution < 1.29 is 19.1 Å². The van der Waals surface area contributed by atoms with Gasteiger partial charge in [0, 0.05) is 50.2 Å². The van der Waals surface area contributed by atoms with E-state index in [1.54, 1.807) is 23.6 Å². The highest BCUT2D eigenvalue weighted by Crippen LogP contribution is 2.28. The third-order valence-electron chi connectivity index (χ3n) is 4.91. The second-order valence-corrected chi connectivity index (χ2v) is 7.82. The molecule has 31 heavy (non-hydrogen) atoms. The van der Waals surface area contributed by atoms with Gasteiger partial charge in [-0.2, -0.15) is 0 Å². The summed E-state index contributed by atoms with van der Waals surface area (Å²) >= 11 is 1.20. The average Bonchev–Trinajstić information content (AvgIpc) is 3.23. The summed E-state index contributed by atoms with van der Waals surface area (Å²) in [6.45, 7) is 5.48. The Kier molecular flexibility index (Phi) is 9.50. The molecule has 2 N–H and O–H groups in total. The number of anilines is 1. The third kappa shape index (κ3) is 6.79. The van der Waals surface area contributed by atoms with E-state index in [4.69, 9.17) is 9.47 Å². The molecule has 0 radical (unpaired) electrons. The molecular formula is C20H28ClN5O4S. The third-order valence-corrected chi connectivity index (χ3v) is 5.67. The van der Waals surface area contributed by atoms with Crippen LogP contribution >= 0.6 is 23.7 Å². The van der Waals surface area contributed by atoms with Crippen LogP contribution in [0.2, 0.25) is 0 Å². The summed E-state index contributed by atoms with van der Waals surface area (Å²) in [7, 11) is 5.16. The van der Waals surface area contributed by atoms with E-state index >= 15 is 0 Å². The topological polar surface area (TPSA) is 96.0 Å². The van der Waals surface area contributed by atoms with Crippen molar-refractivity contribution in [3.63, 3.8) is 0 Å². The highest BCUT2D eigenvalue weighted by molar-refractivity contribution is 7.14. The summed E-state index contributed by atoms with van der Waals surface area (Å²) in [4.78, 5) is 33.7. The lowest BCUT2D eigenvalue weighted by atomic mass is 10.2. The minimum Gasteiger partial charge on any atom is -0.493 e. The maximum absolute atomic E-state index is 12.5. The van der Waals surface area contributed by atoms with Crippen LogP contribution in [-0.2, 0) is 0 Å². The van der Waals surface area contributed by atoms with Crippen molar-refractivity contribution in [1.29, 1.82) is 0 Å². The Bertz CT molecular complexity index is 886. The van der Waals surface area contributed by atoms with Crippen LogP contribution < -0.4 is 20.1 Å². The van der Waals surface area contributed by atoms with Crippen LogP contribution in [0.3, 0.4) is 0 Å². The summed E-state index contributed by atoms with van der Waals surface area (Å²) in [5, 5.41) is 7.60. The Morgan fingerprint density at radius 3 is 2.48 bits per heavy atom.